The van der Waals surface area contributed by atoms with Crippen LogP contribution in [0, 0.1) is 0 Å². The second-order valence-electron chi connectivity index (χ2n) is 2.34. The Morgan fingerprint density at radius 1 is 1.36 bits per heavy atom. The van der Waals surface area contributed by atoms with Crippen molar-refractivity contribution in [1.82, 2.24) is 0 Å². The van der Waals surface area contributed by atoms with Crippen LogP contribution in [0.2, 0.25) is 0 Å². The first-order valence-electron chi connectivity index (χ1n) is 2.59. The Kier molecular flexibility index (Phi) is 4.04. The maximum atomic E-state index is 10.2. The number of halogens is 3. The Morgan fingerprint density at radius 2 is 1.73 bits per heavy atom. The van der Waals surface area contributed by atoms with E-state index in [1.54, 1.807) is 0 Å². The minimum absolute atomic E-state index is 1.28. The van der Waals surface area contributed by atoms with E-state index < -0.39 is 17.6 Å². The molecule has 0 radical (unpaired) electrons. The van der Waals surface area contributed by atoms with E-state index in [2.05, 4.69) is 4.52 Å². The van der Waals surface area contributed by atoms with Crippen LogP contribution < -0.4 is 0 Å². The molecule has 0 aromatic rings. The van der Waals surface area contributed by atoms with Gasteiger partial charge in [0.2, 0.25) is 3.79 Å². The molecule has 0 aliphatic heterocycles. The van der Waals surface area contributed by atoms with Crippen LogP contribution in [-0.2, 0) is 9.09 Å². The fourth-order valence-electron chi connectivity index (χ4n) is 0.247. The number of hydrogen-bond donors (Lipinski definition) is 1. The molecule has 1 N–H and O–H groups in total. The molecule has 0 saturated carbocycles. The van der Waals surface area contributed by atoms with Gasteiger partial charge in [-0.3, -0.25) is 0 Å². The van der Waals surface area contributed by atoms with Gasteiger partial charge < -0.3 is 0 Å². The summed E-state index contributed by atoms with van der Waals surface area (Å²) in [5.74, 6) is 0. The average Bonchev–Trinajstić information content (AvgIpc) is 1.56. The highest BCUT2D eigenvalue weighted by Crippen LogP contribution is 2.44. The van der Waals surface area contributed by atoms with Gasteiger partial charge in [0.1, 0.15) is 0 Å². The van der Waals surface area contributed by atoms with Crippen LogP contribution in [0.1, 0.15) is 13.8 Å². The molecule has 0 bridgehead atoms. The minimum atomic E-state index is -2.76. The van der Waals surface area contributed by atoms with Gasteiger partial charge in [-0.2, -0.15) is 0 Å². The molecule has 1 atom stereocenters. The highest BCUT2D eigenvalue weighted by Gasteiger charge is 2.48. The average molecular weight is 240 g/mol. The van der Waals surface area contributed by atoms with Crippen molar-refractivity contribution in [2.75, 3.05) is 0 Å². The molecule has 0 aliphatic rings. The van der Waals surface area contributed by atoms with Crippen molar-refractivity contribution < 1.29 is 14.0 Å². The second kappa shape index (κ2) is 3.73. The van der Waals surface area contributed by atoms with Crippen molar-refractivity contribution >= 4 is 43.1 Å². The van der Waals surface area contributed by atoms with Crippen LogP contribution in [-0.4, -0.2) is 14.3 Å². The Morgan fingerprint density at radius 3 is 1.82 bits per heavy atom. The third-order valence-corrected chi connectivity index (χ3v) is 2.97. The van der Waals surface area contributed by atoms with Crippen LogP contribution >= 0.6 is 43.1 Å². The van der Waals surface area contributed by atoms with Gasteiger partial charge in [-0.1, -0.05) is 34.8 Å². The summed E-state index contributed by atoms with van der Waals surface area (Å²) in [5.41, 5.74) is -1.28. The number of alkyl halides is 3. The zero-order valence-corrected chi connectivity index (χ0v) is 9.01. The molecule has 3 nitrogen and oxygen atoms in total. The molecule has 0 rings (SSSR count). The summed E-state index contributed by atoms with van der Waals surface area (Å²) in [4.78, 5) is 8.36. The molecule has 0 aliphatic carbocycles. The van der Waals surface area contributed by atoms with Gasteiger partial charge in [0.25, 0.3) is 0 Å². The highest BCUT2D eigenvalue weighted by molar-refractivity contribution is 7.32. The van der Waals surface area contributed by atoms with Gasteiger partial charge in [-0.15, -0.1) is 9.42 Å². The summed E-state index contributed by atoms with van der Waals surface area (Å²) in [5, 5.41) is 0. The molecule has 0 saturated heterocycles. The van der Waals surface area contributed by atoms with Crippen molar-refractivity contribution in [1.29, 1.82) is 0 Å². The lowest BCUT2D eigenvalue weighted by Crippen LogP contribution is -2.37. The first-order chi connectivity index (χ1) is 4.67. The van der Waals surface area contributed by atoms with Gasteiger partial charge >= 0.3 is 8.25 Å². The lowest BCUT2D eigenvalue weighted by molar-refractivity contribution is 0.107. The Balaban J connectivity index is 4.34. The van der Waals surface area contributed by atoms with Gasteiger partial charge in [0, 0.05) is 4.57 Å². The molecule has 7 heteroatoms. The molecule has 11 heavy (non-hydrogen) atoms. The Bertz CT molecular complexity index is 164. The van der Waals surface area contributed by atoms with Crippen molar-refractivity contribution in [2.24, 2.45) is 0 Å². The molecule has 0 heterocycles. The molecule has 0 amide bonds. The fraction of sp³-hybridized carbons (Fsp3) is 1.00. The van der Waals surface area contributed by atoms with E-state index in [1.807, 2.05) is 0 Å². The Hall–Kier alpha value is 0.890. The largest absolute Gasteiger partial charge is 0.695 e. The maximum absolute atomic E-state index is 10.2. The monoisotopic (exact) mass is 239 g/mol. The fourth-order valence-corrected chi connectivity index (χ4v) is 1.05. The summed E-state index contributed by atoms with van der Waals surface area (Å²) < 4.78 is 13.0. The van der Waals surface area contributed by atoms with Gasteiger partial charge in [0.05, 0.1) is 0 Å². The predicted octanol–water partition coefficient (Wildman–Crippen LogP) is 2.80. The Labute approximate surface area is 80.5 Å². The van der Waals surface area contributed by atoms with Crippen molar-refractivity contribution in [3.63, 3.8) is 0 Å². The molecule has 66 valence electrons. The SMILES string of the molecule is CC(C)(O[P+](=O)O)C(Cl)(Cl)Cl. The third-order valence-electron chi connectivity index (χ3n) is 0.989. The number of rotatable bonds is 2. The second-order valence-corrected chi connectivity index (χ2v) is 5.28. The molecular weight excluding hydrogens is 233 g/mol. The molecule has 0 spiro atoms. The first-order valence-corrected chi connectivity index (χ1v) is 4.85. The smallest absolute Gasteiger partial charge is 0.133 e. The topological polar surface area (TPSA) is 46.5 Å². The standard InChI is InChI=1S/C4H6Cl3O3P/c1-3(2,4(5,6)7)10-11(8)9/h1-2H3/p+1. The molecule has 0 aromatic carbocycles. The summed E-state index contributed by atoms with van der Waals surface area (Å²) >= 11 is 16.3. The van der Waals surface area contributed by atoms with Crippen molar-refractivity contribution in [3.05, 3.63) is 0 Å². The molecule has 0 fully saturated rings. The van der Waals surface area contributed by atoms with E-state index >= 15 is 0 Å². The maximum Gasteiger partial charge on any atom is 0.695 e. The van der Waals surface area contributed by atoms with Gasteiger partial charge in [-0.25, -0.2) is 0 Å². The zero-order chi connectivity index (χ0) is 9.28. The van der Waals surface area contributed by atoms with Crippen LogP contribution in [0.3, 0.4) is 0 Å². The van der Waals surface area contributed by atoms with E-state index in [1.165, 1.54) is 13.8 Å². The minimum Gasteiger partial charge on any atom is -0.133 e. The third kappa shape index (κ3) is 3.88. The summed E-state index contributed by atoms with van der Waals surface area (Å²) in [7, 11) is -2.76. The molecule has 0 aromatic heterocycles. The van der Waals surface area contributed by atoms with Crippen LogP contribution in [0.25, 0.3) is 0 Å². The summed E-state index contributed by atoms with van der Waals surface area (Å²) in [6.07, 6.45) is 0. The van der Waals surface area contributed by atoms with E-state index in [4.69, 9.17) is 39.7 Å². The van der Waals surface area contributed by atoms with Gasteiger partial charge in [-0.05, 0) is 13.8 Å². The lowest BCUT2D eigenvalue weighted by atomic mass is 10.2. The van der Waals surface area contributed by atoms with Gasteiger partial charge in [0.15, 0.2) is 5.60 Å². The summed E-state index contributed by atoms with van der Waals surface area (Å²) in [6, 6.07) is 0. The molecule has 1 unspecified atom stereocenters. The van der Waals surface area contributed by atoms with E-state index in [9.17, 15) is 4.57 Å². The van der Waals surface area contributed by atoms with Crippen LogP contribution in [0.5, 0.6) is 0 Å². The summed E-state index contributed by atoms with van der Waals surface area (Å²) in [6.45, 7) is 2.81. The molecular formula is C4H7Cl3O3P+. The lowest BCUT2D eigenvalue weighted by Gasteiger charge is -2.24. The number of hydrogen-bond acceptors (Lipinski definition) is 2. The van der Waals surface area contributed by atoms with E-state index in [0.29, 0.717) is 0 Å². The quantitative estimate of drug-likeness (QED) is 0.596. The zero-order valence-electron chi connectivity index (χ0n) is 5.84. The first kappa shape index (κ1) is 11.9. The van der Waals surface area contributed by atoms with Crippen molar-refractivity contribution in [2.45, 2.75) is 23.2 Å². The predicted molar refractivity (Wildman–Crippen MR) is 45.3 cm³/mol. The normalized spacial score (nSPS) is 14.9. The van der Waals surface area contributed by atoms with Crippen LogP contribution in [0.15, 0.2) is 0 Å². The van der Waals surface area contributed by atoms with Crippen molar-refractivity contribution in [3.8, 4) is 0 Å². The van der Waals surface area contributed by atoms with E-state index in [0.717, 1.165) is 0 Å². The highest BCUT2D eigenvalue weighted by atomic mass is 35.6. The van der Waals surface area contributed by atoms with Crippen LogP contribution in [0.4, 0.5) is 0 Å². The van der Waals surface area contributed by atoms with E-state index in [-0.39, 0.29) is 0 Å².